The summed E-state index contributed by atoms with van der Waals surface area (Å²) in [7, 11) is 3.94. The highest BCUT2D eigenvalue weighted by Gasteiger charge is 2.06. The van der Waals surface area contributed by atoms with Crippen molar-refractivity contribution < 1.29 is 4.79 Å². The van der Waals surface area contributed by atoms with Crippen molar-refractivity contribution in [2.75, 3.05) is 33.7 Å². The molecule has 0 saturated carbocycles. The lowest BCUT2D eigenvalue weighted by atomic mass is 10.2. The molecule has 1 atom stereocenters. The summed E-state index contributed by atoms with van der Waals surface area (Å²) in [6.07, 6.45) is 1.70. The van der Waals surface area contributed by atoms with Crippen LogP contribution >= 0.6 is 0 Å². The Balaban J connectivity index is 3.48. The van der Waals surface area contributed by atoms with Crippen molar-refractivity contribution in [1.82, 2.24) is 15.5 Å². The van der Waals surface area contributed by atoms with Gasteiger partial charge in [-0.25, -0.2) is 0 Å². The Kier molecular flexibility index (Phi) is 8.33. The van der Waals surface area contributed by atoms with E-state index in [9.17, 15) is 4.79 Å². The minimum atomic E-state index is 0.127. The van der Waals surface area contributed by atoms with Crippen molar-refractivity contribution in [3.8, 4) is 0 Å². The summed E-state index contributed by atoms with van der Waals surface area (Å²) in [6.45, 7) is 6.77. The average Bonchev–Trinajstić information content (AvgIpc) is 2.24. The van der Waals surface area contributed by atoms with E-state index in [1.165, 1.54) is 0 Å². The lowest BCUT2D eigenvalue weighted by molar-refractivity contribution is -0.121. The van der Waals surface area contributed by atoms with Crippen molar-refractivity contribution in [1.29, 1.82) is 0 Å². The second-order valence-electron chi connectivity index (χ2n) is 3.94. The van der Waals surface area contributed by atoms with E-state index >= 15 is 0 Å². The van der Waals surface area contributed by atoms with E-state index in [-0.39, 0.29) is 5.91 Å². The lowest BCUT2D eigenvalue weighted by Crippen LogP contribution is -2.37. The zero-order valence-corrected chi connectivity index (χ0v) is 10.5. The fourth-order valence-electron chi connectivity index (χ4n) is 1.23. The fraction of sp³-hybridized carbons (Fsp3) is 0.909. The number of rotatable bonds is 8. The third-order valence-electron chi connectivity index (χ3n) is 2.73. The van der Waals surface area contributed by atoms with E-state index in [4.69, 9.17) is 0 Å². The Bertz CT molecular complexity index is 173. The number of hydrogen-bond acceptors (Lipinski definition) is 3. The van der Waals surface area contributed by atoms with Crippen molar-refractivity contribution in [3.63, 3.8) is 0 Å². The third kappa shape index (κ3) is 7.33. The van der Waals surface area contributed by atoms with Crippen LogP contribution in [0.3, 0.4) is 0 Å². The maximum absolute atomic E-state index is 11.3. The molecule has 0 aliphatic carbocycles. The lowest BCUT2D eigenvalue weighted by Gasteiger charge is -2.23. The number of likely N-dealkylation sites (N-methyl/N-ethyl adjacent to an activating group) is 1. The number of nitrogens with zero attached hydrogens (tertiary/aromatic N) is 1. The summed E-state index contributed by atoms with van der Waals surface area (Å²) < 4.78 is 0. The second kappa shape index (κ2) is 8.68. The van der Waals surface area contributed by atoms with Crippen molar-refractivity contribution in [2.24, 2.45) is 0 Å². The van der Waals surface area contributed by atoms with Gasteiger partial charge in [0.15, 0.2) is 0 Å². The highest BCUT2D eigenvalue weighted by molar-refractivity contribution is 5.75. The molecule has 1 unspecified atom stereocenters. The predicted molar refractivity (Wildman–Crippen MR) is 63.9 cm³/mol. The molecule has 0 fully saturated rings. The Labute approximate surface area is 93.4 Å². The van der Waals surface area contributed by atoms with Crippen LogP contribution in [-0.4, -0.2) is 50.6 Å². The van der Waals surface area contributed by atoms with E-state index in [2.05, 4.69) is 36.4 Å². The van der Waals surface area contributed by atoms with Crippen LogP contribution in [0.5, 0.6) is 0 Å². The van der Waals surface area contributed by atoms with Crippen LogP contribution in [0.25, 0.3) is 0 Å². The first-order valence-corrected chi connectivity index (χ1v) is 5.73. The fourth-order valence-corrected chi connectivity index (χ4v) is 1.23. The molecular formula is C11H25N3O. The van der Waals surface area contributed by atoms with Gasteiger partial charge in [0.1, 0.15) is 0 Å². The van der Waals surface area contributed by atoms with Crippen molar-refractivity contribution in [2.45, 2.75) is 32.7 Å². The van der Waals surface area contributed by atoms with Gasteiger partial charge in [-0.05, 0) is 27.4 Å². The van der Waals surface area contributed by atoms with E-state index in [0.29, 0.717) is 12.5 Å². The molecule has 0 rings (SSSR count). The molecule has 0 saturated heterocycles. The quantitative estimate of drug-likeness (QED) is 0.617. The van der Waals surface area contributed by atoms with Crippen molar-refractivity contribution >= 4 is 5.91 Å². The Morgan fingerprint density at radius 3 is 2.60 bits per heavy atom. The van der Waals surface area contributed by atoms with Gasteiger partial charge in [-0.2, -0.15) is 0 Å². The number of amides is 1. The van der Waals surface area contributed by atoms with Gasteiger partial charge in [-0.1, -0.05) is 6.92 Å². The summed E-state index contributed by atoms with van der Waals surface area (Å²) in [4.78, 5) is 13.5. The average molecular weight is 215 g/mol. The number of hydrogen-bond donors (Lipinski definition) is 2. The van der Waals surface area contributed by atoms with Crippen LogP contribution in [0.4, 0.5) is 0 Å². The first-order valence-electron chi connectivity index (χ1n) is 5.73. The molecule has 15 heavy (non-hydrogen) atoms. The topological polar surface area (TPSA) is 44.4 Å². The highest BCUT2D eigenvalue weighted by Crippen LogP contribution is 1.97. The first-order chi connectivity index (χ1) is 7.11. The normalized spacial score (nSPS) is 12.9. The van der Waals surface area contributed by atoms with Crippen LogP contribution in [0, 0.1) is 0 Å². The van der Waals surface area contributed by atoms with Gasteiger partial charge >= 0.3 is 0 Å². The van der Waals surface area contributed by atoms with Crippen molar-refractivity contribution in [3.05, 3.63) is 0 Å². The Hall–Kier alpha value is -0.610. The molecule has 1 amide bonds. The molecule has 4 heteroatoms. The predicted octanol–water partition coefficient (Wildman–Crippen LogP) is 0.442. The van der Waals surface area contributed by atoms with Crippen LogP contribution in [0.1, 0.15) is 26.7 Å². The smallest absolute Gasteiger partial charge is 0.221 e. The molecule has 90 valence electrons. The van der Waals surface area contributed by atoms with Gasteiger partial charge in [-0.15, -0.1) is 0 Å². The van der Waals surface area contributed by atoms with Crippen LogP contribution in [0.2, 0.25) is 0 Å². The molecule has 4 nitrogen and oxygen atoms in total. The van der Waals surface area contributed by atoms with E-state index in [1.807, 2.05) is 7.05 Å². The first kappa shape index (κ1) is 14.4. The van der Waals surface area contributed by atoms with E-state index < -0.39 is 0 Å². The highest BCUT2D eigenvalue weighted by atomic mass is 16.1. The van der Waals surface area contributed by atoms with Crippen LogP contribution in [-0.2, 0) is 4.79 Å². The summed E-state index contributed by atoms with van der Waals surface area (Å²) in [5.41, 5.74) is 0. The number of nitrogens with one attached hydrogen (secondary N) is 2. The van der Waals surface area contributed by atoms with Crippen LogP contribution in [0.15, 0.2) is 0 Å². The van der Waals surface area contributed by atoms with E-state index in [1.54, 1.807) is 0 Å². The zero-order valence-electron chi connectivity index (χ0n) is 10.5. The molecule has 0 radical (unpaired) electrons. The molecule has 0 aromatic rings. The summed E-state index contributed by atoms with van der Waals surface area (Å²) in [5.74, 6) is 0.127. The monoisotopic (exact) mass is 215 g/mol. The standard InChI is InChI=1S/C11H25N3O/c1-5-10(2)14(4)9-8-13-11(15)6-7-12-3/h10,12H,5-9H2,1-4H3,(H,13,15). The second-order valence-corrected chi connectivity index (χ2v) is 3.94. The summed E-state index contributed by atoms with van der Waals surface area (Å²) >= 11 is 0. The third-order valence-corrected chi connectivity index (χ3v) is 2.73. The van der Waals surface area contributed by atoms with Gasteiger partial charge in [0.2, 0.25) is 5.91 Å². The Morgan fingerprint density at radius 1 is 1.40 bits per heavy atom. The minimum Gasteiger partial charge on any atom is -0.355 e. The van der Waals surface area contributed by atoms with Crippen LogP contribution < -0.4 is 10.6 Å². The molecule has 0 spiro atoms. The molecule has 0 aromatic heterocycles. The minimum absolute atomic E-state index is 0.127. The molecule has 0 aromatic carbocycles. The summed E-state index contributed by atoms with van der Waals surface area (Å²) in [5, 5.41) is 5.86. The van der Waals surface area contributed by atoms with Gasteiger partial charge in [0.05, 0.1) is 0 Å². The maximum atomic E-state index is 11.3. The molecular weight excluding hydrogens is 190 g/mol. The number of carbonyl (C=O) groups excluding carboxylic acids is 1. The van der Waals surface area contributed by atoms with Gasteiger partial charge in [0.25, 0.3) is 0 Å². The van der Waals surface area contributed by atoms with E-state index in [0.717, 1.165) is 26.1 Å². The summed E-state index contributed by atoms with van der Waals surface area (Å²) in [6, 6.07) is 0.583. The zero-order chi connectivity index (χ0) is 11.7. The Morgan fingerprint density at radius 2 is 2.07 bits per heavy atom. The van der Waals surface area contributed by atoms with Gasteiger partial charge in [-0.3, -0.25) is 4.79 Å². The molecule has 0 heterocycles. The molecule has 2 N–H and O–H groups in total. The van der Waals surface area contributed by atoms with Gasteiger partial charge in [0, 0.05) is 32.1 Å². The number of carbonyl (C=O) groups is 1. The molecule has 0 bridgehead atoms. The molecule has 0 aliphatic heterocycles. The van der Waals surface area contributed by atoms with Gasteiger partial charge < -0.3 is 15.5 Å². The SMILES string of the molecule is CCC(C)N(C)CCNC(=O)CCNC. The maximum Gasteiger partial charge on any atom is 0.221 e. The largest absolute Gasteiger partial charge is 0.355 e. The molecule has 0 aliphatic rings.